The van der Waals surface area contributed by atoms with Crippen LogP contribution in [-0.4, -0.2) is 46.0 Å². The van der Waals surface area contributed by atoms with Gasteiger partial charge in [-0.15, -0.1) is 0 Å². The second-order valence-electron chi connectivity index (χ2n) is 10.2. The number of nitrogens with one attached hydrogen (secondary N) is 2. The number of hydrogen-bond acceptors (Lipinski definition) is 6. The molecule has 1 aromatic heterocycles. The Bertz CT molecular complexity index is 1730. The van der Waals surface area contributed by atoms with Crippen molar-refractivity contribution in [1.82, 2.24) is 20.1 Å². The summed E-state index contributed by atoms with van der Waals surface area (Å²) >= 11 is 0. The van der Waals surface area contributed by atoms with Crippen LogP contribution in [-0.2, 0) is 22.6 Å². The summed E-state index contributed by atoms with van der Waals surface area (Å²) in [5.41, 5.74) is 4.12. The van der Waals surface area contributed by atoms with E-state index >= 15 is 0 Å². The van der Waals surface area contributed by atoms with Crippen molar-refractivity contribution in [3.63, 3.8) is 0 Å². The molecule has 4 aromatic rings. The van der Waals surface area contributed by atoms with Gasteiger partial charge < -0.3 is 19.9 Å². The number of amides is 3. The number of rotatable bonds is 10. The molecule has 11 heteroatoms. The fourth-order valence-corrected chi connectivity index (χ4v) is 5.21. The van der Waals surface area contributed by atoms with Crippen molar-refractivity contribution in [3.8, 4) is 11.3 Å². The molecule has 0 radical (unpaired) electrons. The maximum Gasteiger partial charge on any atom is 0.339 e. The Morgan fingerprint density at radius 2 is 1.70 bits per heavy atom. The number of aromatic nitrogens is 1. The smallest absolute Gasteiger partial charge is 0.339 e. The highest BCUT2D eigenvalue weighted by Crippen LogP contribution is 2.28. The number of nitrogens with zero attached hydrogens (tertiary/aromatic N) is 3. The van der Waals surface area contributed by atoms with Crippen molar-refractivity contribution in [2.75, 3.05) is 13.7 Å². The van der Waals surface area contributed by atoms with Crippen molar-refractivity contribution < 1.29 is 24.0 Å². The van der Waals surface area contributed by atoms with Gasteiger partial charge >= 0.3 is 12.0 Å². The Balaban J connectivity index is 1.42. The Labute approximate surface area is 253 Å². The lowest BCUT2D eigenvalue weighted by Crippen LogP contribution is -2.48. The molecule has 2 heterocycles. The molecular weight excluding hydrogens is 562 g/mol. The third-order valence-corrected chi connectivity index (χ3v) is 7.46. The van der Waals surface area contributed by atoms with Crippen molar-refractivity contribution in [3.05, 3.63) is 135 Å². The van der Waals surface area contributed by atoms with Gasteiger partial charge in [0, 0.05) is 36.6 Å². The number of urea groups is 1. The second kappa shape index (κ2) is 13.1. The zero-order valence-corrected chi connectivity index (χ0v) is 24.2. The largest absolute Gasteiger partial charge is 0.465 e. The summed E-state index contributed by atoms with van der Waals surface area (Å²) in [6.07, 6.45) is 1.60. The van der Waals surface area contributed by atoms with Gasteiger partial charge in [0.15, 0.2) is 0 Å². The monoisotopic (exact) mass is 593 g/mol. The predicted molar refractivity (Wildman–Crippen MR) is 163 cm³/mol. The molecular formula is C33H31N5O6. The van der Waals surface area contributed by atoms with Gasteiger partial charge in [0.05, 0.1) is 30.2 Å². The number of benzene rings is 3. The Hall–Kier alpha value is -5.71. The zero-order valence-electron chi connectivity index (χ0n) is 24.2. The number of nitro groups is 1. The van der Waals surface area contributed by atoms with Crippen LogP contribution in [0.25, 0.3) is 11.3 Å². The summed E-state index contributed by atoms with van der Waals surface area (Å²) in [7, 11) is 1.33. The number of methoxy groups -OCH3 is 1. The highest BCUT2D eigenvalue weighted by Gasteiger charge is 2.32. The van der Waals surface area contributed by atoms with Crippen LogP contribution in [0.5, 0.6) is 0 Å². The fraction of sp³-hybridized carbons (Fsp3) is 0.182. The molecule has 44 heavy (non-hydrogen) atoms. The van der Waals surface area contributed by atoms with E-state index in [-0.39, 0.29) is 24.5 Å². The highest BCUT2D eigenvalue weighted by atomic mass is 16.6. The molecule has 0 saturated carbocycles. The van der Waals surface area contributed by atoms with E-state index < -0.39 is 28.9 Å². The summed E-state index contributed by atoms with van der Waals surface area (Å²) in [6, 6.07) is 25.3. The number of ether oxygens (including phenoxy) is 1. The number of non-ortho nitro benzene ring substituents is 1. The molecule has 224 valence electrons. The van der Waals surface area contributed by atoms with Gasteiger partial charge in [-0.1, -0.05) is 72.8 Å². The molecule has 11 nitrogen and oxygen atoms in total. The van der Waals surface area contributed by atoms with E-state index in [9.17, 15) is 24.5 Å². The summed E-state index contributed by atoms with van der Waals surface area (Å²) < 4.78 is 6.91. The molecule has 3 aromatic carbocycles. The lowest BCUT2D eigenvalue weighted by atomic mass is 10.0. The van der Waals surface area contributed by atoms with Crippen LogP contribution in [0.4, 0.5) is 10.5 Å². The molecule has 0 fully saturated rings. The van der Waals surface area contributed by atoms with Gasteiger partial charge in [0.1, 0.15) is 5.70 Å². The lowest BCUT2D eigenvalue weighted by molar-refractivity contribution is -0.384. The Morgan fingerprint density at radius 1 is 1.00 bits per heavy atom. The van der Waals surface area contributed by atoms with Gasteiger partial charge in [-0.25, -0.2) is 9.59 Å². The first-order valence-electron chi connectivity index (χ1n) is 14.0. The van der Waals surface area contributed by atoms with E-state index in [1.54, 1.807) is 18.2 Å². The van der Waals surface area contributed by atoms with E-state index in [2.05, 4.69) is 10.6 Å². The van der Waals surface area contributed by atoms with Crippen LogP contribution in [0.15, 0.2) is 103 Å². The van der Waals surface area contributed by atoms with Crippen LogP contribution < -0.4 is 10.6 Å². The summed E-state index contributed by atoms with van der Waals surface area (Å²) in [4.78, 5) is 51.7. The molecule has 2 N–H and O–H groups in total. The molecule has 0 saturated heterocycles. The minimum absolute atomic E-state index is 0.120. The van der Waals surface area contributed by atoms with E-state index in [0.29, 0.717) is 23.4 Å². The molecule has 1 unspecified atom stereocenters. The first-order chi connectivity index (χ1) is 21.3. The van der Waals surface area contributed by atoms with Gasteiger partial charge in [-0.05, 0) is 35.8 Å². The summed E-state index contributed by atoms with van der Waals surface area (Å²) in [5.74, 6) is -0.935. The van der Waals surface area contributed by atoms with E-state index in [1.165, 1.54) is 30.2 Å². The van der Waals surface area contributed by atoms with E-state index in [1.807, 2.05) is 72.2 Å². The van der Waals surface area contributed by atoms with Crippen LogP contribution in [0, 0.1) is 17.0 Å². The zero-order chi connectivity index (χ0) is 31.2. The fourth-order valence-electron chi connectivity index (χ4n) is 5.21. The number of hydrogen-bond donors (Lipinski definition) is 2. The summed E-state index contributed by atoms with van der Waals surface area (Å²) in [6.45, 7) is 2.49. The van der Waals surface area contributed by atoms with Crippen molar-refractivity contribution >= 4 is 23.6 Å². The topological polar surface area (TPSA) is 136 Å². The SMILES string of the molecule is COC(=O)c1cc(-c2ccccc2)n(CCNC(=O)C2=CC(c3cccc([N+](=O)[O-])c3)NC(=O)N2Cc2ccccc2)c1C. The second-order valence-corrected chi connectivity index (χ2v) is 10.2. The first kappa shape index (κ1) is 29.8. The average molecular weight is 594 g/mol. The molecule has 3 amide bonds. The van der Waals surface area contributed by atoms with Gasteiger partial charge in [-0.3, -0.25) is 19.8 Å². The van der Waals surface area contributed by atoms with Gasteiger partial charge in [-0.2, -0.15) is 0 Å². The number of carbonyl (C=O) groups excluding carboxylic acids is 3. The molecule has 1 aliphatic heterocycles. The standard InChI is InChI=1S/C33H31N5O6/c1-22-27(32(40)44-2)19-29(24-12-7-4-8-13-24)36(22)17-16-34-31(39)30-20-28(25-14-9-15-26(18-25)38(42)43)35-33(41)37(30)21-23-10-5-3-6-11-23/h3-15,18-20,28H,16-17,21H2,1-2H3,(H,34,39)(H,35,41). The Kier molecular flexibility index (Phi) is 8.85. The molecule has 5 rings (SSSR count). The minimum Gasteiger partial charge on any atom is -0.465 e. The number of esters is 1. The third-order valence-electron chi connectivity index (χ3n) is 7.46. The number of carbonyl (C=O) groups is 3. The highest BCUT2D eigenvalue weighted by molar-refractivity contribution is 5.98. The van der Waals surface area contributed by atoms with Crippen LogP contribution >= 0.6 is 0 Å². The summed E-state index contributed by atoms with van der Waals surface area (Å²) in [5, 5.41) is 17.1. The van der Waals surface area contributed by atoms with Crippen LogP contribution in [0.2, 0.25) is 0 Å². The maximum atomic E-state index is 13.7. The third kappa shape index (κ3) is 6.36. The molecule has 0 aliphatic carbocycles. The van der Waals surface area contributed by atoms with Crippen molar-refractivity contribution in [1.29, 1.82) is 0 Å². The average Bonchev–Trinajstić information content (AvgIpc) is 3.38. The molecule has 0 spiro atoms. The Morgan fingerprint density at radius 3 is 2.39 bits per heavy atom. The van der Waals surface area contributed by atoms with Crippen molar-refractivity contribution in [2.45, 2.75) is 26.1 Å². The van der Waals surface area contributed by atoms with Crippen molar-refractivity contribution in [2.24, 2.45) is 0 Å². The van der Waals surface area contributed by atoms with E-state index in [0.717, 1.165) is 16.8 Å². The minimum atomic E-state index is -0.755. The quantitative estimate of drug-likeness (QED) is 0.149. The molecule has 1 aliphatic rings. The molecule has 0 bridgehead atoms. The first-order valence-corrected chi connectivity index (χ1v) is 14.0. The van der Waals surface area contributed by atoms with Crippen LogP contribution in [0.3, 0.4) is 0 Å². The predicted octanol–water partition coefficient (Wildman–Crippen LogP) is 5.13. The van der Waals surface area contributed by atoms with Crippen LogP contribution in [0.1, 0.15) is 33.2 Å². The maximum absolute atomic E-state index is 13.7. The van der Waals surface area contributed by atoms with Gasteiger partial charge in [0.25, 0.3) is 11.6 Å². The molecule has 1 atom stereocenters. The number of nitro benzene ring substituents is 1. The lowest BCUT2D eigenvalue weighted by Gasteiger charge is -2.32. The normalized spacial score (nSPS) is 14.4. The van der Waals surface area contributed by atoms with Gasteiger partial charge in [0.2, 0.25) is 0 Å². The van der Waals surface area contributed by atoms with E-state index in [4.69, 9.17) is 4.74 Å².